The molecule has 1 heterocycles. The van der Waals surface area contributed by atoms with Crippen LogP contribution in [0.25, 0.3) is 0 Å². The molecule has 2 atom stereocenters. The highest BCUT2D eigenvalue weighted by molar-refractivity contribution is 5.99. The molecule has 0 saturated carbocycles. The molecule has 0 bridgehead atoms. The van der Waals surface area contributed by atoms with E-state index < -0.39 is 17.3 Å². The standard InChI is InChI=1S/C20H21F2NO2/c1-2-23-12-11-20(25,15-5-9-17(22)10-6-15)18(13-23)19(24)14-3-7-16(21)8-4-14/h3-10,18,25H,2,11-13H2,1H3/t18-,20+/m1/s1. The Morgan fingerprint density at radius 3 is 2.24 bits per heavy atom. The Balaban J connectivity index is 1.98. The molecule has 1 aliphatic heterocycles. The fraction of sp³-hybridized carbons (Fsp3) is 0.350. The van der Waals surface area contributed by atoms with E-state index in [2.05, 4.69) is 4.90 Å². The third-order valence-electron chi connectivity index (χ3n) is 5.06. The first-order chi connectivity index (χ1) is 11.9. The molecule has 1 fully saturated rings. The number of aliphatic hydroxyl groups is 1. The van der Waals surface area contributed by atoms with Gasteiger partial charge in [0.15, 0.2) is 5.78 Å². The van der Waals surface area contributed by atoms with E-state index in [0.717, 1.165) is 6.54 Å². The molecule has 2 aromatic rings. The topological polar surface area (TPSA) is 40.5 Å². The molecule has 5 heteroatoms. The van der Waals surface area contributed by atoms with Gasteiger partial charge in [0.2, 0.25) is 0 Å². The van der Waals surface area contributed by atoms with Crippen molar-refractivity contribution in [1.29, 1.82) is 0 Å². The molecule has 1 N–H and O–H groups in total. The number of benzene rings is 2. The monoisotopic (exact) mass is 345 g/mol. The Kier molecular flexibility index (Phi) is 4.97. The lowest BCUT2D eigenvalue weighted by Gasteiger charge is -2.44. The fourth-order valence-electron chi connectivity index (χ4n) is 3.49. The summed E-state index contributed by atoms with van der Waals surface area (Å²) >= 11 is 0. The lowest BCUT2D eigenvalue weighted by atomic mass is 9.72. The van der Waals surface area contributed by atoms with Crippen LogP contribution in [-0.4, -0.2) is 35.4 Å². The first-order valence-corrected chi connectivity index (χ1v) is 8.44. The molecule has 3 nitrogen and oxygen atoms in total. The highest BCUT2D eigenvalue weighted by Crippen LogP contribution is 2.39. The van der Waals surface area contributed by atoms with E-state index in [1.807, 2.05) is 6.92 Å². The van der Waals surface area contributed by atoms with Gasteiger partial charge in [0.25, 0.3) is 0 Å². The second-order valence-corrected chi connectivity index (χ2v) is 6.50. The molecule has 0 unspecified atom stereocenters. The Morgan fingerprint density at radius 2 is 1.68 bits per heavy atom. The van der Waals surface area contributed by atoms with E-state index >= 15 is 0 Å². The number of Topliss-reactive ketones (excluding diaryl/α,β-unsaturated/α-hetero) is 1. The highest BCUT2D eigenvalue weighted by Gasteiger charge is 2.46. The van der Waals surface area contributed by atoms with E-state index in [0.29, 0.717) is 30.6 Å². The summed E-state index contributed by atoms with van der Waals surface area (Å²) in [6.45, 7) is 3.83. The third kappa shape index (κ3) is 3.48. The minimum Gasteiger partial charge on any atom is -0.384 e. The van der Waals surface area contributed by atoms with Crippen molar-refractivity contribution in [2.45, 2.75) is 18.9 Å². The summed E-state index contributed by atoms with van der Waals surface area (Å²) in [5.41, 5.74) is -0.472. The van der Waals surface area contributed by atoms with Gasteiger partial charge in [-0.05, 0) is 54.9 Å². The van der Waals surface area contributed by atoms with Crippen LogP contribution in [-0.2, 0) is 5.60 Å². The van der Waals surface area contributed by atoms with Crippen molar-refractivity contribution in [2.24, 2.45) is 5.92 Å². The summed E-state index contributed by atoms with van der Waals surface area (Å²) in [7, 11) is 0. The quantitative estimate of drug-likeness (QED) is 0.864. The summed E-state index contributed by atoms with van der Waals surface area (Å²) < 4.78 is 26.4. The first-order valence-electron chi connectivity index (χ1n) is 8.44. The van der Waals surface area contributed by atoms with Crippen LogP contribution in [0.15, 0.2) is 48.5 Å². The predicted molar refractivity (Wildman–Crippen MR) is 91.2 cm³/mol. The van der Waals surface area contributed by atoms with Crippen molar-refractivity contribution in [3.63, 3.8) is 0 Å². The average molecular weight is 345 g/mol. The van der Waals surface area contributed by atoms with Crippen LogP contribution in [0, 0.1) is 17.6 Å². The summed E-state index contributed by atoms with van der Waals surface area (Å²) in [4.78, 5) is 15.1. The first kappa shape index (κ1) is 17.7. The van der Waals surface area contributed by atoms with Gasteiger partial charge in [-0.1, -0.05) is 19.1 Å². The van der Waals surface area contributed by atoms with Gasteiger partial charge in [0.05, 0.1) is 5.92 Å². The summed E-state index contributed by atoms with van der Waals surface area (Å²) in [6.07, 6.45) is 0.379. The van der Waals surface area contributed by atoms with Crippen molar-refractivity contribution in [1.82, 2.24) is 4.90 Å². The molecule has 0 aliphatic carbocycles. The maximum atomic E-state index is 13.3. The van der Waals surface area contributed by atoms with E-state index in [4.69, 9.17) is 0 Å². The number of hydrogen-bond donors (Lipinski definition) is 1. The molecule has 1 saturated heterocycles. The van der Waals surface area contributed by atoms with Gasteiger partial charge in [-0.15, -0.1) is 0 Å². The summed E-state index contributed by atoms with van der Waals surface area (Å²) in [6, 6.07) is 11.0. The second kappa shape index (κ2) is 7.02. The maximum Gasteiger partial charge on any atom is 0.170 e. The number of rotatable bonds is 4. The summed E-state index contributed by atoms with van der Waals surface area (Å²) in [5, 5.41) is 11.3. The van der Waals surface area contributed by atoms with E-state index in [1.54, 1.807) is 0 Å². The number of hydrogen-bond acceptors (Lipinski definition) is 3. The van der Waals surface area contributed by atoms with Gasteiger partial charge >= 0.3 is 0 Å². The molecular formula is C20H21F2NO2. The zero-order valence-corrected chi connectivity index (χ0v) is 14.1. The number of piperidine rings is 1. The molecule has 0 spiro atoms. The molecule has 0 amide bonds. The second-order valence-electron chi connectivity index (χ2n) is 6.50. The number of nitrogens with zero attached hydrogens (tertiary/aromatic N) is 1. The SMILES string of the molecule is CCN1CC[C@](O)(c2ccc(F)cc2)[C@@H](C(=O)c2ccc(F)cc2)C1. The van der Waals surface area contributed by atoms with Crippen LogP contribution in [0.3, 0.4) is 0 Å². The molecule has 1 aliphatic rings. The van der Waals surface area contributed by atoms with Crippen molar-refractivity contribution in [3.8, 4) is 0 Å². The van der Waals surface area contributed by atoms with Crippen LogP contribution >= 0.6 is 0 Å². The minimum absolute atomic E-state index is 0.232. The largest absolute Gasteiger partial charge is 0.384 e. The number of halogens is 2. The van der Waals surface area contributed by atoms with Gasteiger partial charge in [-0.3, -0.25) is 4.79 Å². The van der Waals surface area contributed by atoms with Crippen molar-refractivity contribution < 1.29 is 18.7 Å². The average Bonchev–Trinajstić information content (AvgIpc) is 2.62. The van der Waals surface area contributed by atoms with Crippen LogP contribution in [0.1, 0.15) is 29.3 Å². The molecule has 25 heavy (non-hydrogen) atoms. The lowest BCUT2D eigenvalue weighted by Crippen LogP contribution is -2.53. The molecule has 2 aromatic carbocycles. The fourth-order valence-corrected chi connectivity index (χ4v) is 3.49. The smallest absolute Gasteiger partial charge is 0.170 e. The molecule has 132 valence electrons. The van der Waals surface area contributed by atoms with Crippen molar-refractivity contribution in [2.75, 3.05) is 19.6 Å². The highest BCUT2D eigenvalue weighted by atomic mass is 19.1. The zero-order valence-electron chi connectivity index (χ0n) is 14.1. The number of likely N-dealkylation sites (tertiary alicyclic amines) is 1. The Labute approximate surface area is 145 Å². The Bertz CT molecular complexity index is 745. The molecule has 3 rings (SSSR count). The van der Waals surface area contributed by atoms with Crippen LogP contribution in [0.2, 0.25) is 0 Å². The molecular weight excluding hydrogens is 324 g/mol. The summed E-state index contributed by atoms with van der Waals surface area (Å²) in [5.74, 6) is -1.73. The number of carbonyl (C=O) groups excluding carboxylic acids is 1. The van der Waals surface area contributed by atoms with E-state index in [1.165, 1.54) is 48.5 Å². The number of carbonyl (C=O) groups is 1. The maximum absolute atomic E-state index is 13.3. The molecule has 0 aromatic heterocycles. The zero-order chi connectivity index (χ0) is 18.0. The lowest BCUT2D eigenvalue weighted by molar-refractivity contribution is -0.0632. The van der Waals surface area contributed by atoms with Gasteiger partial charge in [0, 0.05) is 18.7 Å². The third-order valence-corrected chi connectivity index (χ3v) is 5.06. The van der Waals surface area contributed by atoms with Crippen LogP contribution in [0.4, 0.5) is 8.78 Å². The minimum atomic E-state index is -1.37. The van der Waals surface area contributed by atoms with Crippen molar-refractivity contribution >= 4 is 5.78 Å². The van der Waals surface area contributed by atoms with Crippen molar-refractivity contribution in [3.05, 3.63) is 71.3 Å². The van der Waals surface area contributed by atoms with E-state index in [9.17, 15) is 18.7 Å². The van der Waals surface area contributed by atoms with Gasteiger partial charge in [-0.25, -0.2) is 8.78 Å². The Hall–Kier alpha value is -2.11. The van der Waals surface area contributed by atoms with E-state index in [-0.39, 0.29) is 11.6 Å². The Morgan fingerprint density at radius 1 is 1.12 bits per heavy atom. The predicted octanol–water partition coefficient (Wildman–Crippen LogP) is 3.38. The van der Waals surface area contributed by atoms with Gasteiger partial charge in [-0.2, -0.15) is 0 Å². The van der Waals surface area contributed by atoms with Crippen LogP contribution < -0.4 is 0 Å². The number of ketones is 1. The van der Waals surface area contributed by atoms with Gasteiger partial charge < -0.3 is 10.0 Å². The van der Waals surface area contributed by atoms with Crippen LogP contribution in [0.5, 0.6) is 0 Å². The molecule has 0 radical (unpaired) electrons. The normalized spacial score (nSPS) is 24.2. The van der Waals surface area contributed by atoms with Gasteiger partial charge in [0.1, 0.15) is 17.2 Å².